The zero-order valence-electron chi connectivity index (χ0n) is 39.7. The Bertz CT molecular complexity index is 2050. The smallest absolute Gasteiger partial charge is 0.410 e. The number of benzene rings is 2. The van der Waals surface area contributed by atoms with Crippen molar-refractivity contribution in [2.24, 2.45) is 23.5 Å². The zero-order valence-corrected chi connectivity index (χ0v) is 39.7. The van der Waals surface area contributed by atoms with Crippen LogP contribution in [0.15, 0.2) is 67.8 Å². The van der Waals surface area contributed by atoms with Crippen LogP contribution in [0.1, 0.15) is 90.1 Å². The topological polar surface area (TPSA) is 288 Å². The van der Waals surface area contributed by atoms with Gasteiger partial charge >= 0.3 is 12.1 Å². The van der Waals surface area contributed by atoms with E-state index in [4.69, 9.17) is 10.5 Å². The number of nitrogens with one attached hydrogen (secondary N) is 8. The van der Waals surface area contributed by atoms with Gasteiger partial charge in [0.2, 0.25) is 35.4 Å². The second kappa shape index (κ2) is 27.9. The van der Waals surface area contributed by atoms with Crippen LogP contribution in [-0.2, 0) is 40.1 Å². The van der Waals surface area contributed by atoms with Crippen molar-refractivity contribution in [3.63, 3.8) is 0 Å². The van der Waals surface area contributed by atoms with Crippen molar-refractivity contribution in [3.05, 3.63) is 78.9 Å². The van der Waals surface area contributed by atoms with E-state index in [0.717, 1.165) is 12.2 Å². The molecule has 0 saturated heterocycles. The number of primary amides is 1. The molecule has 0 radical (unpaired) electrons. The molecule has 0 unspecified atom stereocenters. The summed E-state index contributed by atoms with van der Waals surface area (Å²) in [7, 11) is 1.51. The van der Waals surface area contributed by atoms with Crippen LogP contribution >= 0.6 is 0 Å². The summed E-state index contributed by atoms with van der Waals surface area (Å²) in [5.41, 5.74) is 6.73. The van der Waals surface area contributed by atoms with Crippen molar-refractivity contribution in [2.45, 2.75) is 105 Å². The van der Waals surface area contributed by atoms with Crippen LogP contribution in [-0.4, -0.2) is 103 Å². The Morgan fingerprint density at radius 2 is 1.25 bits per heavy atom. The van der Waals surface area contributed by atoms with E-state index >= 15 is 0 Å². The lowest BCUT2D eigenvalue weighted by Gasteiger charge is -2.31. The fraction of sp³-hybridized carbons (Fsp3) is 0.468. The Hall–Kier alpha value is -7.25. The van der Waals surface area contributed by atoms with Crippen LogP contribution < -0.4 is 48.3 Å². The second-order valence-electron chi connectivity index (χ2n) is 16.9. The summed E-state index contributed by atoms with van der Waals surface area (Å²) in [6, 6.07) is 7.00. The lowest BCUT2D eigenvalue weighted by Crippen LogP contribution is -2.54. The molecule has 0 heterocycles. The van der Waals surface area contributed by atoms with Gasteiger partial charge in [0.1, 0.15) is 24.7 Å². The summed E-state index contributed by atoms with van der Waals surface area (Å²) in [5.74, 6) is -3.96. The number of anilines is 3. The Morgan fingerprint density at radius 3 is 1.78 bits per heavy atom. The molecule has 20 heteroatoms. The maximum atomic E-state index is 13.7. The van der Waals surface area contributed by atoms with Gasteiger partial charge in [0.25, 0.3) is 5.91 Å². The Kier molecular flexibility index (Phi) is 23.3. The summed E-state index contributed by atoms with van der Waals surface area (Å²) >= 11 is 0. The van der Waals surface area contributed by atoms with Gasteiger partial charge in [-0.1, -0.05) is 66.8 Å². The van der Waals surface area contributed by atoms with Gasteiger partial charge in [-0.2, -0.15) is 0 Å². The first-order valence-electron chi connectivity index (χ1n) is 22.1. The van der Waals surface area contributed by atoms with Crippen molar-refractivity contribution in [1.29, 1.82) is 0 Å². The first-order chi connectivity index (χ1) is 31.6. The van der Waals surface area contributed by atoms with E-state index in [0.29, 0.717) is 11.3 Å². The largest absolute Gasteiger partial charge is 0.445 e. The van der Waals surface area contributed by atoms with Crippen LogP contribution in [0.5, 0.6) is 0 Å². The zero-order chi connectivity index (χ0) is 50.4. The lowest BCUT2D eigenvalue weighted by molar-refractivity contribution is -0.132. The fourth-order valence-electron chi connectivity index (χ4n) is 6.35. The summed E-state index contributed by atoms with van der Waals surface area (Å²) in [5, 5.41) is 21.4. The maximum absolute atomic E-state index is 13.7. The Morgan fingerprint density at radius 1 is 0.672 bits per heavy atom. The molecule has 0 bridgehead atoms. The van der Waals surface area contributed by atoms with Crippen molar-refractivity contribution < 1.29 is 47.9 Å². The van der Waals surface area contributed by atoms with Crippen molar-refractivity contribution in [3.8, 4) is 0 Å². The molecule has 0 aliphatic carbocycles. The Balaban J connectivity index is 2.06. The van der Waals surface area contributed by atoms with Crippen LogP contribution in [0, 0.1) is 17.8 Å². The second-order valence-corrected chi connectivity index (χ2v) is 16.9. The molecule has 0 aliphatic rings. The summed E-state index contributed by atoms with van der Waals surface area (Å²) in [4.78, 5) is 116. The minimum atomic E-state index is -1.10. The molecular weight excluding hydrogens is 865 g/mol. The fourth-order valence-corrected chi connectivity index (χ4v) is 6.35. The summed E-state index contributed by atoms with van der Waals surface area (Å²) in [6.07, 6.45) is 1.87. The highest BCUT2D eigenvalue weighted by Crippen LogP contribution is 2.20. The molecule has 0 spiro atoms. The number of carbonyl (C=O) groups excluding carboxylic acids is 9. The standard InChI is InChI=1S/C47H68N10O10/c1-11-37(58)52-34-23-32(24-35(25-34)53-38(59)12-2)42(61)49-21-14-16-39(60)56-40(28(5)6)44(63)55-36(15-13-22-50-46(48)65)43(62)54-33-19-17-31(18-20-33)26-67-47(66)57(10)41(29(7)8)45(64)51-30(9)27(3)4/h11-12,17-20,23-25,27-30,36,40-41H,1-2,13-16,21-22,26H2,3-10H3,(H,49,61)(H,51,64)(H,52,58)(H,53,59)(H,54,62)(H,55,63)(H,56,60)(H3,48,50,65)/t30-,36+,40+,41+/m1/s1. The van der Waals surface area contributed by atoms with Crippen molar-refractivity contribution in [1.82, 2.24) is 31.5 Å². The number of nitrogens with two attached hydrogens (primary N) is 1. The van der Waals surface area contributed by atoms with Gasteiger partial charge in [0.15, 0.2) is 0 Å². The molecule has 10 N–H and O–H groups in total. The van der Waals surface area contributed by atoms with Crippen LogP contribution in [0.3, 0.4) is 0 Å². The van der Waals surface area contributed by atoms with E-state index in [-0.39, 0.29) is 86.1 Å². The van der Waals surface area contributed by atoms with E-state index in [1.54, 1.807) is 38.1 Å². The van der Waals surface area contributed by atoms with Gasteiger partial charge in [-0.25, -0.2) is 9.59 Å². The van der Waals surface area contributed by atoms with Gasteiger partial charge in [0, 0.05) is 55.2 Å². The monoisotopic (exact) mass is 933 g/mol. The molecular formula is C47H68N10O10. The highest BCUT2D eigenvalue weighted by Gasteiger charge is 2.32. The number of rotatable bonds is 26. The number of amides is 10. The molecule has 2 rings (SSSR count). The minimum Gasteiger partial charge on any atom is -0.445 e. The van der Waals surface area contributed by atoms with Crippen LogP contribution in [0.25, 0.3) is 0 Å². The third kappa shape index (κ3) is 19.8. The van der Waals surface area contributed by atoms with E-state index in [1.165, 1.54) is 30.1 Å². The molecule has 366 valence electrons. The molecule has 0 fully saturated rings. The van der Waals surface area contributed by atoms with Gasteiger partial charge in [-0.05, 0) is 92.0 Å². The summed E-state index contributed by atoms with van der Waals surface area (Å²) < 4.78 is 5.51. The normalized spacial score (nSPS) is 12.6. The predicted octanol–water partition coefficient (Wildman–Crippen LogP) is 3.91. The number of likely N-dealkylation sites (N-methyl/N-ethyl adjacent to an activating group) is 1. The van der Waals surface area contributed by atoms with Gasteiger partial charge < -0.3 is 53.0 Å². The molecule has 67 heavy (non-hydrogen) atoms. The molecule has 0 saturated carbocycles. The minimum absolute atomic E-state index is 0.0599. The molecule has 20 nitrogen and oxygen atoms in total. The Labute approximate surface area is 392 Å². The molecule has 2 aromatic carbocycles. The van der Waals surface area contributed by atoms with Crippen LogP contribution in [0.2, 0.25) is 0 Å². The number of nitrogens with zero attached hydrogens (tertiary/aromatic N) is 1. The van der Waals surface area contributed by atoms with E-state index in [1.807, 2.05) is 34.6 Å². The third-order valence-corrected chi connectivity index (χ3v) is 10.4. The molecule has 4 atom stereocenters. The van der Waals surface area contributed by atoms with E-state index in [9.17, 15) is 43.2 Å². The maximum Gasteiger partial charge on any atom is 0.410 e. The van der Waals surface area contributed by atoms with E-state index in [2.05, 4.69) is 55.7 Å². The number of hydrogen-bond acceptors (Lipinski definition) is 10. The average molecular weight is 933 g/mol. The molecule has 0 aromatic heterocycles. The number of hydrogen-bond donors (Lipinski definition) is 9. The van der Waals surface area contributed by atoms with Crippen molar-refractivity contribution in [2.75, 3.05) is 36.1 Å². The first kappa shape index (κ1) is 55.9. The third-order valence-electron chi connectivity index (χ3n) is 10.4. The van der Waals surface area contributed by atoms with Gasteiger partial charge in [-0.3, -0.25) is 38.5 Å². The lowest BCUT2D eigenvalue weighted by atomic mass is 10.0. The molecule has 0 aliphatic heterocycles. The first-order valence-corrected chi connectivity index (χ1v) is 22.1. The quantitative estimate of drug-likeness (QED) is 0.0484. The SMILES string of the molecule is C=CC(=O)Nc1cc(NC(=O)C=C)cc(C(=O)NCCCC(=O)N[C@H](C(=O)N[C@@H](CCCNC(N)=O)C(=O)Nc2ccc(COC(=O)N(C)[C@H](C(=O)N[C@H](C)C(C)C)C(C)C)cc2)C(C)C)c1. The highest BCUT2D eigenvalue weighted by atomic mass is 16.6. The molecule has 2 aromatic rings. The predicted molar refractivity (Wildman–Crippen MR) is 255 cm³/mol. The molecule has 10 amide bonds. The van der Waals surface area contributed by atoms with Gasteiger partial charge in [0.05, 0.1) is 0 Å². The number of carbonyl (C=O) groups is 9. The average Bonchev–Trinajstić information content (AvgIpc) is 3.26. The van der Waals surface area contributed by atoms with Gasteiger partial charge in [-0.15, -0.1) is 0 Å². The number of ether oxygens (including phenoxy) is 1. The van der Waals surface area contributed by atoms with Crippen molar-refractivity contribution >= 4 is 70.5 Å². The number of urea groups is 1. The van der Waals surface area contributed by atoms with Crippen LogP contribution in [0.4, 0.5) is 26.7 Å². The summed E-state index contributed by atoms with van der Waals surface area (Å²) in [6.45, 7) is 19.9. The van der Waals surface area contributed by atoms with E-state index < -0.39 is 71.6 Å². The highest BCUT2D eigenvalue weighted by molar-refractivity contribution is 6.04.